The molecule has 0 aromatic heterocycles. The number of para-hydroxylation sites is 1. The SMILES string of the molecule is CC(C)(CO)[C@H](c1cccc(F)c1O)N1CCNCC1. The van der Waals surface area contributed by atoms with Gasteiger partial charge in [-0.1, -0.05) is 26.0 Å². The number of nitrogens with one attached hydrogen (secondary N) is 1. The molecule has 112 valence electrons. The molecule has 1 fully saturated rings. The number of benzene rings is 1. The fraction of sp³-hybridized carbons (Fsp3) is 0.600. The van der Waals surface area contributed by atoms with Crippen LogP contribution in [0.4, 0.5) is 4.39 Å². The molecule has 5 heteroatoms. The van der Waals surface area contributed by atoms with Crippen LogP contribution in [0.2, 0.25) is 0 Å². The quantitative estimate of drug-likeness (QED) is 0.783. The second-order valence-electron chi connectivity index (χ2n) is 6.01. The van der Waals surface area contributed by atoms with Gasteiger partial charge in [0.2, 0.25) is 0 Å². The smallest absolute Gasteiger partial charge is 0.165 e. The zero-order valence-corrected chi connectivity index (χ0v) is 12.1. The van der Waals surface area contributed by atoms with E-state index in [9.17, 15) is 14.6 Å². The van der Waals surface area contributed by atoms with Gasteiger partial charge in [0.1, 0.15) is 0 Å². The molecular formula is C15H23FN2O2. The zero-order valence-electron chi connectivity index (χ0n) is 12.1. The number of nitrogens with zero attached hydrogens (tertiary/aromatic N) is 1. The van der Waals surface area contributed by atoms with E-state index in [4.69, 9.17) is 0 Å². The summed E-state index contributed by atoms with van der Waals surface area (Å²) in [5.41, 5.74) is 0.0775. The van der Waals surface area contributed by atoms with Gasteiger partial charge in [-0.2, -0.15) is 0 Å². The maximum Gasteiger partial charge on any atom is 0.165 e. The molecule has 0 amide bonds. The van der Waals surface area contributed by atoms with Crippen LogP contribution in [0.1, 0.15) is 25.5 Å². The van der Waals surface area contributed by atoms with Crippen LogP contribution in [-0.4, -0.2) is 47.9 Å². The van der Waals surface area contributed by atoms with Crippen LogP contribution in [0.25, 0.3) is 0 Å². The Morgan fingerprint density at radius 2 is 2.00 bits per heavy atom. The monoisotopic (exact) mass is 282 g/mol. The number of rotatable bonds is 4. The van der Waals surface area contributed by atoms with Crippen LogP contribution in [0.5, 0.6) is 5.75 Å². The first-order valence-corrected chi connectivity index (χ1v) is 7.00. The Bertz CT molecular complexity index is 459. The molecule has 0 spiro atoms. The second-order valence-corrected chi connectivity index (χ2v) is 6.01. The lowest BCUT2D eigenvalue weighted by Gasteiger charge is -2.43. The number of aliphatic hydroxyl groups is 1. The molecule has 1 aliphatic rings. The van der Waals surface area contributed by atoms with Gasteiger partial charge in [-0.05, 0) is 6.07 Å². The van der Waals surface area contributed by atoms with Crippen molar-refractivity contribution < 1.29 is 14.6 Å². The van der Waals surface area contributed by atoms with Crippen molar-refractivity contribution in [3.05, 3.63) is 29.6 Å². The summed E-state index contributed by atoms with van der Waals surface area (Å²) in [5, 5.41) is 23.0. The van der Waals surface area contributed by atoms with E-state index in [0.29, 0.717) is 5.56 Å². The van der Waals surface area contributed by atoms with E-state index in [1.54, 1.807) is 12.1 Å². The van der Waals surface area contributed by atoms with Gasteiger partial charge in [-0.3, -0.25) is 4.90 Å². The van der Waals surface area contributed by atoms with Crippen molar-refractivity contribution in [2.24, 2.45) is 5.41 Å². The first-order valence-electron chi connectivity index (χ1n) is 7.00. The number of phenols is 1. The number of aromatic hydroxyl groups is 1. The molecule has 2 rings (SSSR count). The molecule has 0 aliphatic carbocycles. The van der Waals surface area contributed by atoms with Crippen LogP contribution < -0.4 is 5.32 Å². The van der Waals surface area contributed by atoms with Crippen molar-refractivity contribution in [2.75, 3.05) is 32.8 Å². The maximum absolute atomic E-state index is 13.7. The number of phenolic OH excluding ortho intramolecular Hbond substituents is 1. The highest BCUT2D eigenvalue weighted by Crippen LogP contribution is 2.42. The highest BCUT2D eigenvalue weighted by atomic mass is 19.1. The molecule has 3 N–H and O–H groups in total. The normalized spacial score (nSPS) is 19.0. The minimum absolute atomic E-state index is 0.0302. The van der Waals surface area contributed by atoms with Crippen molar-refractivity contribution >= 4 is 0 Å². The third-order valence-electron chi connectivity index (χ3n) is 3.98. The van der Waals surface area contributed by atoms with Gasteiger partial charge in [-0.15, -0.1) is 0 Å². The third-order valence-corrected chi connectivity index (χ3v) is 3.98. The topological polar surface area (TPSA) is 55.7 Å². The summed E-state index contributed by atoms with van der Waals surface area (Å²) in [4.78, 5) is 2.20. The maximum atomic E-state index is 13.7. The Labute approximate surface area is 119 Å². The van der Waals surface area contributed by atoms with Gasteiger partial charge in [0.15, 0.2) is 11.6 Å². The van der Waals surface area contributed by atoms with E-state index < -0.39 is 11.2 Å². The molecule has 20 heavy (non-hydrogen) atoms. The van der Waals surface area contributed by atoms with Gasteiger partial charge >= 0.3 is 0 Å². The van der Waals surface area contributed by atoms with E-state index >= 15 is 0 Å². The highest BCUT2D eigenvalue weighted by Gasteiger charge is 2.37. The number of hydrogen-bond acceptors (Lipinski definition) is 4. The van der Waals surface area contributed by atoms with Crippen molar-refractivity contribution in [3.8, 4) is 5.75 Å². The molecule has 1 aliphatic heterocycles. The molecule has 0 saturated carbocycles. The Hall–Kier alpha value is -1.17. The van der Waals surface area contributed by atoms with E-state index in [1.807, 2.05) is 13.8 Å². The minimum atomic E-state index is -0.614. The van der Waals surface area contributed by atoms with Crippen LogP contribution in [-0.2, 0) is 0 Å². The second kappa shape index (κ2) is 6.08. The molecule has 1 aromatic carbocycles. The molecular weight excluding hydrogens is 259 g/mol. The van der Waals surface area contributed by atoms with E-state index in [-0.39, 0.29) is 18.4 Å². The van der Waals surface area contributed by atoms with Crippen molar-refractivity contribution in [1.29, 1.82) is 0 Å². The van der Waals surface area contributed by atoms with Gasteiger partial charge in [0.25, 0.3) is 0 Å². The fourth-order valence-electron chi connectivity index (χ4n) is 2.89. The number of piperazine rings is 1. The molecule has 1 atom stereocenters. The first kappa shape index (κ1) is 15.2. The molecule has 1 aromatic rings. The van der Waals surface area contributed by atoms with Crippen LogP contribution in [0.15, 0.2) is 18.2 Å². The molecule has 4 nitrogen and oxygen atoms in total. The predicted octanol–water partition coefficient (Wildman–Crippen LogP) is 1.50. The van der Waals surface area contributed by atoms with Crippen molar-refractivity contribution in [3.63, 3.8) is 0 Å². The van der Waals surface area contributed by atoms with Gasteiger partial charge < -0.3 is 15.5 Å². The third kappa shape index (κ3) is 2.95. The summed E-state index contributed by atoms with van der Waals surface area (Å²) in [6, 6.07) is 4.38. The fourth-order valence-corrected chi connectivity index (χ4v) is 2.89. The molecule has 0 radical (unpaired) electrons. The molecule has 1 saturated heterocycles. The zero-order chi connectivity index (χ0) is 14.8. The van der Waals surface area contributed by atoms with Gasteiger partial charge in [0.05, 0.1) is 0 Å². The Kier molecular flexibility index (Phi) is 4.62. The molecule has 0 bridgehead atoms. The summed E-state index contributed by atoms with van der Waals surface area (Å²) in [7, 11) is 0. The largest absolute Gasteiger partial charge is 0.505 e. The standard InChI is InChI=1S/C15H23FN2O2/c1-15(2,10-19)14(18-8-6-17-7-9-18)11-4-3-5-12(16)13(11)20/h3-5,14,17,19-20H,6-10H2,1-2H3/t14-/m0/s1. The Balaban J connectivity index is 2.42. The van der Waals surface area contributed by atoms with Gasteiger partial charge in [0, 0.05) is 49.8 Å². The van der Waals surface area contributed by atoms with Crippen molar-refractivity contribution in [1.82, 2.24) is 10.2 Å². The predicted molar refractivity (Wildman–Crippen MR) is 76.1 cm³/mol. The summed E-state index contributed by atoms with van der Waals surface area (Å²) in [6.45, 7) is 7.17. The van der Waals surface area contributed by atoms with Crippen LogP contribution in [0, 0.1) is 11.2 Å². The lowest BCUT2D eigenvalue weighted by atomic mass is 9.79. The highest BCUT2D eigenvalue weighted by molar-refractivity contribution is 5.37. The van der Waals surface area contributed by atoms with E-state index in [1.165, 1.54) is 6.07 Å². The summed E-state index contributed by atoms with van der Waals surface area (Å²) >= 11 is 0. The average molecular weight is 282 g/mol. The summed E-state index contributed by atoms with van der Waals surface area (Å²) in [6.07, 6.45) is 0. The summed E-state index contributed by atoms with van der Waals surface area (Å²) in [5.74, 6) is -0.922. The van der Waals surface area contributed by atoms with E-state index in [0.717, 1.165) is 26.2 Å². The first-order chi connectivity index (χ1) is 9.47. The van der Waals surface area contributed by atoms with Crippen LogP contribution >= 0.6 is 0 Å². The molecule has 1 heterocycles. The molecule has 0 unspecified atom stereocenters. The number of halogens is 1. The Morgan fingerprint density at radius 3 is 2.60 bits per heavy atom. The Morgan fingerprint density at radius 1 is 1.35 bits per heavy atom. The number of hydrogen-bond donors (Lipinski definition) is 3. The summed E-state index contributed by atoms with van der Waals surface area (Å²) < 4.78 is 13.7. The van der Waals surface area contributed by atoms with E-state index in [2.05, 4.69) is 10.2 Å². The minimum Gasteiger partial charge on any atom is -0.505 e. The lowest BCUT2D eigenvalue weighted by molar-refractivity contribution is 0.0290. The average Bonchev–Trinajstić information content (AvgIpc) is 2.45. The van der Waals surface area contributed by atoms with Crippen molar-refractivity contribution in [2.45, 2.75) is 19.9 Å². The van der Waals surface area contributed by atoms with Crippen LogP contribution in [0.3, 0.4) is 0 Å². The van der Waals surface area contributed by atoms with Gasteiger partial charge in [-0.25, -0.2) is 4.39 Å². The lowest BCUT2D eigenvalue weighted by Crippen LogP contribution is -2.49. The number of aliphatic hydroxyl groups excluding tert-OH is 1.